The molecule has 0 nitrogen and oxygen atoms in total. The maximum Gasteiger partial charge on any atom is 0 e. The first-order valence-corrected chi connectivity index (χ1v) is 11.4. The van der Waals surface area contributed by atoms with Crippen molar-refractivity contribution < 1.29 is 0 Å². The predicted octanol–water partition coefficient (Wildman–Crippen LogP) is 8.25. The molecule has 3 radical (unpaired) electrons. The molecule has 0 heterocycles. The summed E-state index contributed by atoms with van der Waals surface area (Å²) in [6, 6.07) is 34.4. The van der Waals surface area contributed by atoms with E-state index in [1.54, 1.807) is 0 Å². The highest BCUT2D eigenvalue weighted by Gasteiger charge is 2.14. The monoisotopic (exact) mass is 423 g/mol. The van der Waals surface area contributed by atoms with Gasteiger partial charge >= 0.3 is 0 Å². The Balaban J connectivity index is 0.000000152. The van der Waals surface area contributed by atoms with E-state index in [-0.39, 0.29) is 8.41 Å². The molecule has 2 aliphatic rings. The minimum absolute atomic E-state index is 0. The third kappa shape index (κ3) is 4.78. The Hall–Kier alpha value is -3.58. The van der Waals surface area contributed by atoms with Crippen molar-refractivity contribution in [3.05, 3.63) is 130 Å². The Morgan fingerprint density at radius 2 is 0.848 bits per heavy atom. The van der Waals surface area contributed by atoms with Crippen LogP contribution < -0.4 is 0 Å². The summed E-state index contributed by atoms with van der Waals surface area (Å²) in [5.41, 5.74) is 14.0. The van der Waals surface area contributed by atoms with Crippen molar-refractivity contribution in [2.75, 3.05) is 0 Å². The van der Waals surface area contributed by atoms with E-state index in [2.05, 4.69) is 123 Å². The van der Waals surface area contributed by atoms with E-state index in [9.17, 15) is 0 Å². The largest absolute Gasteiger partial charge is 0.0683 e. The second kappa shape index (κ2) is 9.92. The molecule has 0 bridgehead atoms. The van der Waals surface area contributed by atoms with Gasteiger partial charge in [-0.25, -0.2) is 0 Å². The lowest BCUT2D eigenvalue weighted by Crippen LogP contribution is -1.86. The number of hydrogen-bond donors (Lipinski definition) is 0. The van der Waals surface area contributed by atoms with Gasteiger partial charge in [0.15, 0.2) is 0 Å². The van der Waals surface area contributed by atoms with Gasteiger partial charge in [0.05, 0.1) is 0 Å². The molecular formula is C32H28B. The van der Waals surface area contributed by atoms with E-state index in [1.807, 2.05) is 0 Å². The van der Waals surface area contributed by atoms with Crippen LogP contribution in [0.1, 0.15) is 36.1 Å². The molecule has 4 aromatic carbocycles. The lowest BCUT2D eigenvalue weighted by Gasteiger charge is -2.07. The summed E-state index contributed by atoms with van der Waals surface area (Å²) in [4.78, 5) is 0. The van der Waals surface area contributed by atoms with Gasteiger partial charge in [-0.2, -0.15) is 0 Å². The van der Waals surface area contributed by atoms with Crippen molar-refractivity contribution in [3.63, 3.8) is 0 Å². The van der Waals surface area contributed by atoms with Crippen molar-refractivity contribution in [3.8, 4) is 22.3 Å². The summed E-state index contributed by atoms with van der Waals surface area (Å²) in [6.45, 7) is 4.41. The van der Waals surface area contributed by atoms with Gasteiger partial charge < -0.3 is 0 Å². The van der Waals surface area contributed by atoms with Crippen molar-refractivity contribution in [2.24, 2.45) is 0 Å². The Bertz CT molecular complexity index is 1210. The van der Waals surface area contributed by atoms with Gasteiger partial charge in [-0.05, 0) is 71.2 Å². The molecule has 0 aliphatic heterocycles. The van der Waals surface area contributed by atoms with Crippen LogP contribution in [-0.2, 0) is 12.8 Å². The summed E-state index contributed by atoms with van der Waals surface area (Å²) in [6.07, 6.45) is 6.85. The van der Waals surface area contributed by atoms with Gasteiger partial charge in [-0.1, -0.05) is 120 Å². The van der Waals surface area contributed by atoms with Crippen LogP contribution in [0.2, 0.25) is 0 Å². The van der Waals surface area contributed by atoms with Gasteiger partial charge in [0, 0.05) is 8.41 Å². The average Bonchev–Trinajstić information content (AvgIpc) is 3.41. The number of fused-ring (bicyclic) bond motifs is 2. The van der Waals surface area contributed by atoms with Crippen LogP contribution in [0.5, 0.6) is 0 Å². The van der Waals surface area contributed by atoms with Crippen molar-refractivity contribution >= 4 is 20.6 Å². The van der Waals surface area contributed by atoms with Crippen LogP contribution in [0.3, 0.4) is 0 Å². The smallest absolute Gasteiger partial charge is 0 e. The molecule has 159 valence electrons. The third-order valence-corrected chi connectivity index (χ3v) is 6.28. The fourth-order valence-corrected chi connectivity index (χ4v) is 4.81. The maximum absolute atomic E-state index is 2.32. The van der Waals surface area contributed by atoms with E-state index in [4.69, 9.17) is 0 Å². The topological polar surface area (TPSA) is 0 Å². The molecule has 0 fully saturated rings. The van der Waals surface area contributed by atoms with Crippen LogP contribution in [0.25, 0.3) is 34.4 Å². The summed E-state index contributed by atoms with van der Waals surface area (Å²) < 4.78 is 0. The van der Waals surface area contributed by atoms with Crippen LogP contribution in [0.4, 0.5) is 0 Å². The SMILES string of the molecule is CC1=Cc2c(cccc2-c2ccccc2)C1.CC1=Cc2c(cccc2-c2ccccc2)C1.[B]. The first-order valence-electron chi connectivity index (χ1n) is 11.4. The average molecular weight is 423 g/mol. The van der Waals surface area contributed by atoms with Gasteiger partial charge in [-0.15, -0.1) is 0 Å². The van der Waals surface area contributed by atoms with Crippen LogP contribution >= 0.6 is 0 Å². The number of rotatable bonds is 2. The van der Waals surface area contributed by atoms with Crippen molar-refractivity contribution in [1.29, 1.82) is 0 Å². The van der Waals surface area contributed by atoms with Crippen LogP contribution in [0.15, 0.2) is 108 Å². The summed E-state index contributed by atoms with van der Waals surface area (Å²) >= 11 is 0. The highest BCUT2D eigenvalue weighted by molar-refractivity contribution is 5.81. The molecule has 0 spiro atoms. The molecule has 0 N–H and O–H groups in total. The Morgan fingerprint density at radius 3 is 1.24 bits per heavy atom. The third-order valence-electron chi connectivity index (χ3n) is 6.28. The minimum atomic E-state index is 0. The zero-order chi connectivity index (χ0) is 21.9. The molecule has 0 atom stereocenters. The first-order chi connectivity index (χ1) is 15.7. The van der Waals surface area contributed by atoms with E-state index in [0.29, 0.717) is 0 Å². The predicted molar refractivity (Wildman–Crippen MR) is 144 cm³/mol. The standard InChI is InChI=1S/2C16H14.B/c2*1-12-10-14-8-5-9-15(16(14)11-12)13-6-3-2-4-7-13;/h2*2-9,11H,10H2,1H3;. The molecule has 2 aliphatic carbocycles. The maximum atomic E-state index is 2.32. The van der Waals surface area contributed by atoms with E-state index in [0.717, 1.165) is 12.8 Å². The molecule has 0 amide bonds. The zero-order valence-electron chi connectivity index (χ0n) is 19.4. The van der Waals surface area contributed by atoms with Crippen LogP contribution in [-0.4, -0.2) is 8.41 Å². The Morgan fingerprint density at radius 1 is 0.455 bits per heavy atom. The molecule has 0 aromatic heterocycles. The fraction of sp³-hybridized carbons (Fsp3) is 0.125. The van der Waals surface area contributed by atoms with Gasteiger partial charge in [0.2, 0.25) is 0 Å². The van der Waals surface area contributed by atoms with Gasteiger partial charge in [-0.3, -0.25) is 0 Å². The molecule has 4 aromatic rings. The lowest BCUT2D eigenvalue weighted by molar-refractivity contribution is 1.20. The number of benzene rings is 4. The van der Waals surface area contributed by atoms with E-state index < -0.39 is 0 Å². The molecule has 33 heavy (non-hydrogen) atoms. The number of hydrogen-bond acceptors (Lipinski definition) is 0. The quantitative estimate of drug-likeness (QED) is 0.285. The first kappa shape index (κ1) is 22.6. The zero-order valence-corrected chi connectivity index (χ0v) is 19.4. The molecule has 0 saturated heterocycles. The summed E-state index contributed by atoms with van der Waals surface area (Å²) in [7, 11) is 0. The second-order valence-corrected chi connectivity index (χ2v) is 8.82. The Labute approximate surface area is 199 Å². The van der Waals surface area contributed by atoms with Crippen molar-refractivity contribution in [1.82, 2.24) is 0 Å². The molecule has 0 unspecified atom stereocenters. The van der Waals surface area contributed by atoms with E-state index >= 15 is 0 Å². The van der Waals surface area contributed by atoms with Gasteiger partial charge in [0.25, 0.3) is 0 Å². The van der Waals surface area contributed by atoms with Crippen molar-refractivity contribution in [2.45, 2.75) is 26.7 Å². The summed E-state index contributed by atoms with van der Waals surface area (Å²) in [5, 5.41) is 0. The number of allylic oxidation sites excluding steroid dienone is 2. The lowest BCUT2D eigenvalue weighted by atomic mass is 9.97. The van der Waals surface area contributed by atoms with Crippen LogP contribution in [0, 0.1) is 0 Å². The highest BCUT2D eigenvalue weighted by Crippen LogP contribution is 2.34. The molecule has 0 saturated carbocycles. The summed E-state index contributed by atoms with van der Waals surface area (Å²) in [5.74, 6) is 0. The minimum Gasteiger partial charge on any atom is -0.0683 e. The highest BCUT2D eigenvalue weighted by atomic mass is 14.2. The second-order valence-electron chi connectivity index (χ2n) is 8.82. The molecular weight excluding hydrogens is 395 g/mol. The fourth-order valence-electron chi connectivity index (χ4n) is 4.81. The van der Waals surface area contributed by atoms with Gasteiger partial charge in [0.1, 0.15) is 0 Å². The molecule has 1 heteroatoms. The normalized spacial score (nSPS) is 13.0. The molecule has 6 rings (SSSR count). The van der Waals surface area contributed by atoms with E-state index in [1.165, 1.54) is 55.7 Å². The Kier molecular flexibility index (Phi) is 6.80.